The molecule has 0 spiro atoms. The summed E-state index contributed by atoms with van der Waals surface area (Å²) in [5.74, 6) is 1.09. The van der Waals surface area contributed by atoms with Gasteiger partial charge in [0.1, 0.15) is 5.76 Å². The first kappa shape index (κ1) is 15.5. The number of amides is 1. The van der Waals surface area contributed by atoms with Gasteiger partial charge in [-0.05, 0) is 56.9 Å². The number of carbonyl (C=O) groups excluding carboxylic acids is 1. The molecule has 4 nitrogen and oxygen atoms in total. The Morgan fingerprint density at radius 3 is 2.50 bits per heavy atom. The van der Waals surface area contributed by atoms with Crippen LogP contribution in [0.2, 0.25) is 0 Å². The molecule has 2 aliphatic rings. The monoisotopic (exact) mass is 324 g/mol. The van der Waals surface area contributed by atoms with Crippen LogP contribution < -0.4 is 5.32 Å². The van der Waals surface area contributed by atoms with Crippen molar-refractivity contribution >= 4 is 5.91 Å². The van der Waals surface area contributed by atoms with E-state index < -0.39 is 0 Å². The second-order valence-electron chi connectivity index (χ2n) is 7.14. The van der Waals surface area contributed by atoms with Crippen molar-refractivity contribution in [3.05, 3.63) is 59.5 Å². The van der Waals surface area contributed by atoms with Crippen LogP contribution in [0.25, 0.3) is 0 Å². The fourth-order valence-electron chi connectivity index (χ4n) is 4.21. The normalized spacial score (nSPS) is 26.5. The molecule has 2 aliphatic heterocycles. The maximum atomic E-state index is 12.5. The molecule has 4 heteroatoms. The van der Waals surface area contributed by atoms with Gasteiger partial charge >= 0.3 is 0 Å². The Morgan fingerprint density at radius 2 is 1.88 bits per heavy atom. The molecule has 0 unspecified atom stereocenters. The van der Waals surface area contributed by atoms with Gasteiger partial charge in [0, 0.05) is 23.7 Å². The summed E-state index contributed by atoms with van der Waals surface area (Å²) in [5.41, 5.74) is 1.93. The van der Waals surface area contributed by atoms with E-state index in [0.29, 0.717) is 12.1 Å². The van der Waals surface area contributed by atoms with Crippen molar-refractivity contribution in [2.24, 2.45) is 0 Å². The van der Waals surface area contributed by atoms with E-state index in [2.05, 4.69) is 10.2 Å². The molecule has 126 valence electrons. The molecule has 2 atom stereocenters. The number of carbonyl (C=O) groups is 1. The summed E-state index contributed by atoms with van der Waals surface area (Å²) in [6.45, 7) is 2.93. The third-order valence-corrected chi connectivity index (χ3v) is 5.45. The predicted octanol–water partition coefficient (Wildman–Crippen LogP) is 3.51. The lowest BCUT2D eigenvalue weighted by atomic mass is 9.96. The lowest BCUT2D eigenvalue weighted by molar-refractivity contribution is 0.0806. The SMILES string of the molecule is Cc1ccc(C(=O)NC2C[C@H]3CC[C@H](C2)N3Cc2ccco2)cc1. The zero-order chi connectivity index (χ0) is 16.5. The number of hydrogen-bond acceptors (Lipinski definition) is 3. The highest BCUT2D eigenvalue weighted by Crippen LogP contribution is 2.37. The average Bonchev–Trinajstić information content (AvgIpc) is 3.15. The lowest BCUT2D eigenvalue weighted by Gasteiger charge is -2.38. The van der Waals surface area contributed by atoms with E-state index in [1.807, 2.05) is 43.3 Å². The average molecular weight is 324 g/mol. The van der Waals surface area contributed by atoms with Crippen molar-refractivity contribution in [3.63, 3.8) is 0 Å². The van der Waals surface area contributed by atoms with E-state index in [9.17, 15) is 4.79 Å². The van der Waals surface area contributed by atoms with Gasteiger partial charge in [-0.1, -0.05) is 17.7 Å². The Balaban J connectivity index is 1.38. The van der Waals surface area contributed by atoms with Crippen LogP contribution in [0.1, 0.15) is 47.4 Å². The summed E-state index contributed by atoms with van der Waals surface area (Å²) >= 11 is 0. The van der Waals surface area contributed by atoms with Crippen LogP contribution in [0.3, 0.4) is 0 Å². The number of piperidine rings is 1. The van der Waals surface area contributed by atoms with Gasteiger partial charge in [-0.3, -0.25) is 9.69 Å². The molecule has 24 heavy (non-hydrogen) atoms. The summed E-state index contributed by atoms with van der Waals surface area (Å²) in [6, 6.07) is 13.2. The van der Waals surface area contributed by atoms with Gasteiger partial charge in [-0.15, -0.1) is 0 Å². The van der Waals surface area contributed by atoms with E-state index in [-0.39, 0.29) is 11.9 Å². The van der Waals surface area contributed by atoms with Gasteiger partial charge in [-0.25, -0.2) is 0 Å². The second kappa shape index (κ2) is 6.44. The molecule has 2 fully saturated rings. The molecule has 0 radical (unpaired) electrons. The van der Waals surface area contributed by atoms with Gasteiger partial charge in [-0.2, -0.15) is 0 Å². The van der Waals surface area contributed by atoms with Gasteiger partial charge in [0.05, 0.1) is 12.8 Å². The summed E-state index contributed by atoms with van der Waals surface area (Å²) in [6.07, 6.45) is 6.26. The summed E-state index contributed by atoms with van der Waals surface area (Å²) in [4.78, 5) is 15.0. The molecular formula is C20H24N2O2. The van der Waals surface area contributed by atoms with Gasteiger partial charge < -0.3 is 9.73 Å². The Morgan fingerprint density at radius 1 is 1.17 bits per heavy atom. The summed E-state index contributed by atoms with van der Waals surface area (Å²) in [7, 11) is 0. The van der Waals surface area contributed by atoms with Crippen molar-refractivity contribution in [1.82, 2.24) is 10.2 Å². The highest BCUT2D eigenvalue weighted by atomic mass is 16.3. The van der Waals surface area contributed by atoms with Crippen LogP contribution in [-0.4, -0.2) is 28.9 Å². The van der Waals surface area contributed by atoms with E-state index >= 15 is 0 Å². The molecule has 1 aromatic heterocycles. The molecule has 1 amide bonds. The zero-order valence-electron chi connectivity index (χ0n) is 14.1. The van der Waals surface area contributed by atoms with Gasteiger partial charge in [0.2, 0.25) is 0 Å². The van der Waals surface area contributed by atoms with Crippen LogP contribution in [0.15, 0.2) is 47.1 Å². The summed E-state index contributed by atoms with van der Waals surface area (Å²) in [5, 5.41) is 3.25. The van der Waals surface area contributed by atoms with Crippen LogP contribution in [0.5, 0.6) is 0 Å². The van der Waals surface area contributed by atoms with Crippen molar-refractivity contribution in [2.45, 2.75) is 57.3 Å². The maximum Gasteiger partial charge on any atom is 0.251 e. The van der Waals surface area contributed by atoms with Crippen LogP contribution in [0, 0.1) is 6.92 Å². The van der Waals surface area contributed by atoms with Crippen molar-refractivity contribution in [1.29, 1.82) is 0 Å². The van der Waals surface area contributed by atoms with Crippen LogP contribution >= 0.6 is 0 Å². The molecule has 1 aromatic carbocycles. The molecule has 0 aliphatic carbocycles. The van der Waals surface area contributed by atoms with Crippen molar-refractivity contribution in [3.8, 4) is 0 Å². The van der Waals surface area contributed by atoms with Gasteiger partial charge in [0.25, 0.3) is 5.91 Å². The number of rotatable bonds is 4. The van der Waals surface area contributed by atoms with E-state index in [1.54, 1.807) is 6.26 Å². The fourth-order valence-corrected chi connectivity index (χ4v) is 4.21. The first-order valence-corrected chi connectivity index (χ1v) is 8.85. The smallest absolute Gasteiger partial charge is 0.251 e. The van der Waals surface area contributed by atoms with Crippen molar-refractivity contribution < 1.29 is 9.21 Å². The number of nitrogens with zero attached hydrogens (tertiary/aromatic N) is 1. The number of aryl methyl sites for hydroxylation is 1. The second-order valence-corrected chi connectivity index (χ2v) is 7.14. The number of benzene rings is 1. The number of hydrogen-bond donors (Lipinski definition) is 1. The summed E-state index contributed by atoms with van der Waals surface area (Å²) < 4.78 is 5.51. The topological polar surface area (TPSA) is 45.5 Å². The van der Waals surface area contributed by atoms with Crippen molar-refractivity contribution in [2.75, 3.05) is 0 Å². The third kappa shape index (κ3) is 3.11. The van der Waals surface area contributed by atoms with Gasteiger partial charge in [0.15, 0.2) is 0 Å². The maximum absolute atomic E-state index is 12.5. The number of furan rings is 1. The first-order chi connectivity index (χ1) is 11.7. The van der Waals surface area contributed by atoms with E-state index in [1.165, 1.54) is 18.4 Å². The number of fused-ring (bicyclic) bond motifs is 2. The quantitative estimate of drug-likeness (QED) is 0.936. The predicted molar refractivity (Wildman–Crippen MR) is 92.7 cm³/mol. The third-order valence-electron chi connectivity index (χ3n) is 5.45. The highest BCUT2D eigenvalue weighted by molar-refractivity contribution is 5.94. The minimum atomic E-state index is 0.0545. The van der Waals surface area contributed by atoms with Crippen LogP contribution in [0.4, 0.5) is 0 Å². The molecule has 2 bridgehead atoms. The molecule has 1 N–H and O–H groups in total. The minimum absolute atomic E-state index is 0.0545. The molecule has 3 heterocycles. The minimum Gasteiger partial charge on any atom is -0.468 e. The molecule has 0 saturated carbocycles. The molecule has 4 rings (SSSR count). The highest BCUT2D eigenvalue weighted by Gasteiger charge is 2.41. The van der Waals surface area contributed by atoms with E-state index in [4.69, 9.17) is 4.42 Å². The Hall–Kier alpha value is -2.07. The molecule has 2 aromatic rings. The van der Waals surface area contributed by atoms with Crippen LogP contribution in [-0.2, 0) is 6.54 Å². The Kier molecular flexibility index (Phi) is 4.15. The largest absolute Gasteiger partial charge is 0.468 e. The Labute approximate surface area is 142 Å². The lowest BCUT2D eigenvalue weighted by Crippen LogP contribution is -2.49. The number of nitrogens with one attached hydrogen (secondary N) is 1. The fraction of sp³-hybridized carbons (Fsp3) is 0.450. The standard InChI is InChI=1S/C20H24N2O2/c1-14-4-6-15(7-5-14)20(23)21-16-11-17-8-9-18(12-16)22(17)13-19-3-2-10-24-19/h2-7,10,16-18H,8-9,11-13H2,1H3,(H,21,23)/t17-,18-/m1/s1. The first-order valence-electron chi connectivity index (χ1n) is 8.85. The zero-order valence-corrected chi connectivity index (χ0v) is 14.1. The molecule has 2 saturated heterocycles. The van der Waals surface area contributed by atoms with E-state index in [0.717, 1.165) is 30.7 Å². The Bertz CT molecular complexity index is 679. The molecular weight excluding hydrogens is 300 g/mol.